The molecule has 18 heavy (non-hydrogen) atoms. The number of carboxylic acids is 1. The van der Waals surface area contributed by atoms with Gasteiger partial charge in [0.25, 0.3) is 5.24 Å². The molecule has 0 aromatic carbocycles. The molecular formula is C9H13N3O5S. The van der Waals surface area contributed by atoms with Crippen LogP contribution in [0.1, 0.15) is 12.8 Å². The zero-order valence-electron chi connectivity index (χ0n) is 9.34. The van der Waals surface area contributed by atoms with Gasteiger partial charge < -0.3 is 21.5 Å². The molecule has 1 unspecified atom stereocenters. The lowest BCUT2D eigenvalue weighted by atomic mass is 10.1. The Bertz CT molecular complexity index is 386. The van der Waals surface area contributed by atoms with E-state index < -0.39 is 29.9 Å². The smallest absolute Gasteiger partial charge is 0.326 e. The normalized spacial score (nSPS) is 20.0. The van der Waals surface area contributed by atoms with Crippen molar-refractivity contribution < 1.29 is 24.3 Å². The summed E-state index contributed by atoms with van der Waals surface area (Å²) in [5.41, 5.74) is 4.91. The van der Waals surface area contributed by atoms with Crippen molar-refractivity contribution in [3.8, 4) is 0 Å². The van der Waals surface area contributed by atoms with Gasteiger partial charge in [0.2, 0.25) is 11.8 Å². The zero-order valence-corrected chi connectivity index (χ0v) is 10.2. The molecule has 1 rings (SSSR count). The number of carbonyl (C=O) groups is 4. The predicted molar refractivity (Wildman–Crippen MR) is 62.8 cm³/mol. The molecule has 100 valence electrons. The average Bonchev–Trinajstić information content (AvgIpc) is 2.70. The molecule has 0 spiro atoms. The van der Waals surface area contributed by atoms with Crippen molar-refractivity contribution >= 4 is 34.8 Å². The van der Waals surface area contributed by atoms with Crippen LogP contribution in [-0.4, -0.2) is 46.0 Å². The van der Waals surface area contributed by atoms with E-state index in [-0.39, 0.29) is 23.8 Å². The fraction of sp³-hybridized carbons (Fsp3) is 0.556. The van der Waals surface area contributed by atoms with E-state index >= 15 is 0 Å². The Balaban J connectivity index is 2.49. The van der Waals surface area contributed by atoms with Gasteiger partial charge in [-0.15, -0.1) is 0 Å². The van der Waals surface area contributed by atoms with E-state index in [1.54, 1.807) is 0 Å². The number of carboxylic acid groups (broad SMARTS) is 1. The second-order valence-electron chi connectivity index (χ2n) is 3.70. The summed E-state index contributed by atoms with van der Waals surface area (Å²) in [6.07, 6.45) is -0.215. The van der Waals surface area contributed by atoms with Crippen LogP contribution in [0.25, 0.3) is 0 Å². The van der Waals surface area contributed by atoms with Gasteiger partial charge in [-0.3, -0.25) is 14.4 Å². The first-order valence-corrected chi connectivity index (χ1v) is 6.13. The van der Waals surface area contributed by atoms with Crippen molar-refractivity contribution in [1.82, 2.24) is 10.6 Å². The largest absolute Gasteiger partial charge is 0.480 e. The number of hydrogen-bond donors (Lipinski definition) is 4. The van der Waals surface area contributed by atoms with Crippen LogP contribution in [0.2, 0.25) is 0 Å². The fourth-order valence-electron chi connectivity index (χ4n) is 1.34. The molecule has 0 bridgehead atoms. The van der Waals surface area contributed by atoms with Gasteiger partial charge in [-0.1, -0.05) is 11.8 Å². The van der Waals surface area contributed by atoms with Crippen molar-refractivity contribution in [3.63, 3.8) is 0 Å². The van der Waals surface area contributed by atoms with Crippen molar-refractivity contribution in [1.29, 1.82) is 0 Å². The quantitative estimate of drug-likeness (QED) is 0.472. The number of hydrogen-bond acceptors (Lipinski definition) is 5. The molecule has 1 aliphatic rings. The van der Waals surface area contributed by atoms with Crippen LogP contribution in [0.15, 0.2) is 0 Å². The summed E-state index contributed by atoms with van der Waals surface area (Å²) in [7, 11) is 0. The van der Waals surface area contributed by atoms with Crippen LogP contribution < -0.4 is 16.4 Å². The molecule has 0 radical (unpaired) electrons. The van der Waals surface area contributed by atoms with Crippen molar-refractivity contribution in [2.45, 2.75) is 24.9 Å². The SMILES string of the molecule is NC(=O)CC[C@@H](NC(=O)C1CSC(=O)N1)C(=O)O. The van der Waals surface area contributed by atoms with E-state index in [0.717, 1.165) is 11.8 Å². The van der Waals surface area contributed by atoms with Gasteiger partial charge >= 0.3 is 5.97 Å². The number of nitrogens with two attached hydrogens (primary N) is 1. The Hall–Kier alpha value is -1.77. The van der Waals surface area contributed by atoms with E-state index in [1.807, 2.05) is 0 Å². The van der Waals surface area contributed by atoms with Crippen molar-refractivity contribution in [3.05, 3.63) is 0 Å². The first-order valence-electron chi connectivity index (χ1n) is 5.15. The summed E-state index contributed by atoms with van der Waals surface area (Å²) in [6, 6.07) is -1.93. The van der Waals surface area contributed by atoms with Crippen LogP contribution in [-0.2, 0) is 14.4 Å². The maximum Gasteiger partial charge on any atom is 0.326 e. The zero-order chi connectivity index (χ0) is 13.7. The van der Waals surface area contributed by atoms with Crippen LogP contribution in [0.5, 0.6) is 0 Å². The van der Waals surface area contributed by atoms with E-state index in [2.05, 4.69) is 10.6 Å². The summed E-state index contributed by atoms with van der Waals surface area (Å²) in [5.74, 6) is -2.21. The number of amides is 3. The van der Waals surface area contributed by atoms with E-state index in [4.69, 9.17) is 10.8 Å². The number of nitrogens with one attached hydrogen (secondary N) is 2. The van der Waals surface area contributed by atoms with Gasteiger partial charge in [0.15, 0.2) is 0 Å². The molecule has 0 aliphatic carbocycles. The molecule has 0 saturated carbocycles. The predicted octanol–water partition coefficient (Wildman–Crippen LogP) is -1.35. The van der Waals surface area contributed by atoms with Gasteiger partial charge in [0, 0.05) is 12.2 Å². The van der Waals surface area contributed by atoms with Gasteiger partial charge in [0.05, 0.1) is 0 Å². The van der Waals surface area contributed by atoms with Gasteiger partial charge in [-0.25, -0.2) is 4.79 Å². The Morgan fingerprint density at radius 3 is 2.67 bits per heavy atom. The minimum Gasteiger partial charge on any atom is -0.480 e. The number of primary amides is 1. The molecule has 1 heterocycles. The average molecular weight is 275 g/mol. The van der Waals surface area contributed by atoms with E-state index in [0.29, 0.717) is 0 Å². The Morgan fingerprint density at radius 1 is 1.56 bits per heavy atom. The summed E-state index contributed by atoms with van der Waals surface area (Å²) < 4.78 is 0. The Kier molecular flexibility index (Phi) is 4.95. The fourth-order valence-corrected chi connectivity index (χ4v) is 2.12. The highest BCUT2D eigenvalue weighted by atomic mass is 32.2. The maximum atomic E-state index is 11.6. The Labute approximate surface area is 107 Å². The lowest BCUT2D eigenvalue weighted by molar-refractivity contribution is -0.142. The molecule has 9 heteroatoms. The third kappa shape index (κ3) is 4.24. The van der Waals surface area contributed by atoms with E-state index in [9.17, 15) is 19.2 Å². The molecule has 1 fully saturated rings. The highest BCUT2D eigenvalue weighted by molar-refractivity contribution is 8.14. The first-order chi connectivity index (χ1) is 8.40. The van der Waals surface area contributed by atoms with Crippen LogP contribution in [0.3, 0.4) is 0 Å². The van der Waals surface area contributed by atoms with Crippen molar-refractivity contribution in [2.75, 3.05) is 5.75 Å². The lowest BCUT2D eigenvalue weighted by Gasteiger charge is -2.16. The molecule has 2 atom stereocenters. The number of carbonyl (C=O) groups excluding carboxylic acids is 3. The molecule has 1 aliphatic heterocycles. The second-order valence-corrected chi connectivity index (χ2v) is 4.69. The highest BCUT2D eigenvalue weighted by Crippen LogP contribution is 2.13. The number of thioether (sulfide) groups is 1. The topological polar surface area (TPSA) is 139 Å². The Morgan fingerprint density at radius 2 is 2.22 bits per heavy atom. The van der Waals surface area contributed by atoms with E-state index in [1.165, 1.54) is 0 Å². The molecule has 0 aromatic heterocycles. The molecule has 0 aromatic rings. The minimum atomic E-state index is -1.25. The first kappa shape index (κ1) is 14.3. The minimum absolute atomic E-state index is 0.0792. The third-order valence-electron chi connectivity index (χ3n) is 2.28. The molecule has 8 nitrogen and oxygen atoms in total. The molecule has 5 N–H and O–H groups in total. The number of aliphatic carboxylic acids is 1. The maximum absolute atomic E-state index is 11.6. The molecule has 3 amide bonds. The van der Waals surface area contributed by atoms with Crippen LogP contribution >= 0.6 is 11.8 Å². The van der Waals surface area contributed by atoms with Crippen LogP contribution in [0.4, 0.5) is 4.79 Å². The summed E-state index contributed by atoms with van der Waals surface area (Å²) in [4.78, 5) is 44.0. The van der Waals surface area contributed by atoms with Crippen molar-refractivity contribution in [2.24, 2.45) is 5.73 Å². The monoisotopic (exact) mass is 275 g/mol. The van der Waals surface area contributed by atoms with Gasteiger partial charge in [-0.05, 0) is 6.42 Å². The standard InChI is InChI=1S/C9H13N3O5S/c10-6(13)2-1-4(8(15)16)11-7(14)5-3-18-9(17)12-5/h4-5H,1-3H2,(H2,10,13)(H,11,14)(H,12,17)(H,15,16)/t4-,5?/m1/s1. The summed E-state index contributed by atoms with van der Waals surface area (Å²) in [5, 5.41) is 13.2. The number of rotatable bonds is 6. The lowest BCUT2D eigenvalue weighted by Crippen LogP contribution is -2.49. The summed E-state index contributed by atoms with van der Waals surface area (Å²) in [6.45, 7) is 0. The van der Waals surface area contributed by atoms with Gasteiger partial charge in [-0.2, -0.15) is 0 Å². The highest BCUT2D eigenvalue weighted by Gasteiger charge is 2.30. The molecule has 1 saturated heterocycles. The van der Waals surface area contributed by atoms with Crippen LogP contribution in [0, 0.1) is 0 Å². The van der Waals surface area contributed by atoms with Gasteiger partial charge in [0.1, 0.15) is 12.1 Å². The molecular weight excluding hydrogens is 262 g/mol. The third-order valence-corrected chi connectivity index (χ3v) is 3.16. The summed E-state index contributed by atoms with van der Waals surface area (Å²) >= 11 is 0.955. The second kappa shape index (κ2) is 6.24.